The smallest absolute Gasteiger partial charge is 0.295 e. The second kappa shape index (κ2) is 7.57. The summed E-state index contributed by atoms with van der Waals surface area (Å²) in [6.45, 7) is 0.939. The predicted molar refractivity (Wildman–Crippen MR) is 95.0 cm³/mol. The first kappa shape index (κ1) is 19.2. The summed E-state index contributed by atoms with van der Waals surface area (Å²) in [4.78, 5) is 12.2. The molecule has 0 spiro atoms. The molecule has 0 amide bonds. The van der Waals surface area contributed by atoms with Gasteiger partial charge in [0.25, 0.3) is 5.69 Å². The number of sulfonamides is 1. The summed E-state index contributed by atoms with van der Waals surface area (Å²) >= 11 is 0. The SMILES string of the molecule is O=[N+]([O-])c1cc(F)ccc1N1CCCN(S(=O)(=O)c2ccc(F)cc2)CC1. The Morgan fingerprint density at radius 2 is 1.59 bits per heavy atom. The maximum absolute atomic E-state index is 13.4. The third kappa shape index (κ3) is 4.06. The number of halogens is 2. The summed E-state index contributed by atoms with van der Waals surface area (Å²) in [5.74, 6) is -1.24. The Balaban J connectivity index is 1.82. The van der Waals surface area contributed by atoms with Crippen LogP contribution in [0.4, 0.5) is 20.2 Å². The van der Waals surface area contributed by atoms with Crippen molar-refractivity contribution in [1.82, 2.24) is 4.31 Å². The molecular weight excluding hydrogens is 380 g/mol. The molecule has 0 unspecified atom stereocenters. The second-order valence-electron chi connectivity index (χ2n) is 6.09. The number of benzene rings is 2. The van der Waals surface area contributed by atoms with Gasteiger partial charge < -0.3 is 4.90 Å². The minimum atomic E-state index is -3.79. The van der Waals surface area contributed by atoms with Gasteiger partial charge in [-0.25, -0.2) is 17.2 Å². The van der Waals surface area contributed by atoms with Crippen LogP contribution in [-0.2, 0) is 10.0 Å². The van der Waals surface area contributed by atoms with Crippen LogP contribution < -0.4 is 4.90 Å². The summed E-state index contributed by atoms with van der Waals surface area (Å²) in [7, 11) is -3.79. The van der Waals surface area contributed by atoms with Gasteiger partial charge in [0.15, 0.2) is 0 Å². The summed E-state index contributed by atoms with van der Waals surface area (Å²) in [5.41, 5.74) is -0.104. The van der Waals surface area contributed by atoms with Gasteiger partial charge in [-0.05, 0) is 42.8 Å². The topological polar surface area (TPSA) is 83.8 Å². The van der Waals surface area contributed by atoms with E-state index in [1.54, 1.807) is 4.90 Å². The van der Waals surface area contributed by atoms with E-state index >= 15 is 0 Å². The van der Waals surface area contributed by atoms with Crippen molar-refractivity contribution < 1.29 is 22.1 Å². The molecule has 0 aliphatic carbocycles. The molecule has 1 aliphatic rings. The number of anilines is 1. The van der Waals surface area contributed by atoms with E-state index in [0.717, 1.165) is 24.3 Å². The van der Waals surface area contributed by atoms with Crippen LogP contribution >= 0.6 is 0 Å². The van der Waals surface area contributed by atoms with E-state index in [4.69, 9.17) is 0 Å². The van der Waals surface area contributed by atoms with Gasteiger partial charge in [0.05, 0.1) is 15.9 Å². The number of nitro groups is 1. The van der Waals surface area contributed by atoms with Crippen LogP contribution in [0.3, 0.4) is 0 Å². The van der Waals surface area contributed by atoms with E-state index in [-0.39, 0.29) is 35.9 Å². The molecule has 1 heterocycles. The van der Waals surface area contributed by atoms with Gasteiger partial charge in [-0.15, -0.1) is 0 Å². The highest BCUT2D eigenvalue weighted by atomic mass is 32.2. The van der Waals surface area contributed by atoms with Crippen LogP contribution in [0.25, 0.3) is 0 Å². The fourth-order valence-electron chi connectivity index (χ4n) is 3.04. The minimum Gasteiger partial charge on any atom is -0.365 e. The molecule has 144 valence electrons. The van der Waals surface area contributed by atoms with Crippen molar-refractivity contribution in [3.05, 3.63) is 64.2 Å². The molecule has 1 fully saturated rings. The van der Waals surface area contributed by atoms with Crippen molar-refractivity contribution in [3.8, 4) is 0 Å². The monoisotopic (exact) mass is 397 g/mol. The highest BCUT2D eigenvalue weighted by Crippen LogP contribution is 2.30. The van der Waals surface area contributed by atoms with Gasteiger partial charge in [0.1, 0.15) is 17.3 Å². The molecule has 27 heavy (non-hydrogen) atoms. The van der Waals surface area contributed by atoms with Crippen molar-refractivity contribution in [2.45, 2.75) is 11.3 Å². The lowest BCUT2D eigenvalue weighted by Gasteiger charge is -2.23. The Morgan fingerprint density at radius 1 is 0.926 bits per heavy atom. The van der Waals surface area contributed by atoms with Gasteiger partial charge in [0.2, 0.25) is 10.0 Å². The van der Waals surface area contributed by atoms with E-state index in [2.05, 4.69) is 0 Å². The zero-order valence-corrected chi connectivity index (χ0v) is 15.0. The summed E-state index contributed by atoms with van der Waals surface area (Å²) in [6.07, 6.45) is 0.439. The maximum Gasteiger partial charge on any atom is 0.295 e. The number of rotatable bonds is 4. The Kier molecular flexibility index (Phi) is 5.38. The highest BCUT2D eigenvalue weighted by molar-refractivity contribution is 7.89. The highest BCUT2D eigenvalue weighted by Gasteiger charge is 2.29. The van der Waals surface area contributed by atoms with Gasteiger partial charge >= 0.3 is 0 Å². The van der Waals surface area contributed by atoms with Crippen LogP contribution in [-0.4, -0.2) is 43.8 Å². The minimum absolute atomic E-state index is 0.00915. The van der Waals surface area contributed by atoms with Crippen molar-refractivity contribution in [2.24, 2.45) is 0 Å². The first-order valence-electron chi connectivity index (χ1n) is 8.23. The van der Waals surface area contributed by atoms with E-state index in [0.29, 0.717) is 13.0 Å². The molecule has 0 radical (unpaired) electrons. The van der Waals surface area contributed by atoms with Crippen molar-refractivity contribution in [3.63, 3.8) is 0 Å². The standard InChI is InChI=1S/C17H17F2N3O4S/c18-13-2-5-15(6-3-13)27(25,26)21-9-1-8-20(10-11-21)16-7-4-14(19)12-17(16)22(23)24/h2-7,12H,1,8-11H2. The Labute approximate surface area is 155 Å². The molecule has 7 nitrogen and oxygen atoms in total. The molecule has 1 aliphatic heterocycles. The quantitative estimate of drug-likeness (QED) is 0.585. The van der Waals surface area contributed by atoms with Crippen LogP contribution in [0.5, 0.6) is 0 Å². The number of hydrogen-bond acceptors (Lipinski definition) is 5. The van der Waals surface area contributed by atoms with Crippen molar-refractivity contribution in [2.75, 3.05) is 31.1 Å². The molecule has 0 bridgehead atoms. The summed E-state index contributed by atoms with van der Waals surface area (Å²) in [6, 6.07) is 7.90. The Bertz CT molecular complexity index is 951. The third-order valence-electron chi connectivity index (χ3n) is 4.38. The zero-order valence-electron chi connectivity index (χ0n) is 14.2. The fraction of sp³-hybridized carbons (Fsp3) is 0.294. The molecule has 2 aromatic rings. The largest absolute Gasteiger partial charge is 0.365 e. The number of nitro benzene ring substituents is 1. The molecule has 2 aromatic carbocycles. The van der Waals surface area contributed by atoms with Crippen molar-refractivity contribution in [1.29, 1.82) is 0 Å². The predicted octanol–water partition coefficient (Wildman–Crippen LogP) is 2.77. The van der Waals surface area contributed by atoms with E-state index in [1.165, 1.54) is 22.5 Å². The van der Waals surface area contributed by atoms with E-state index < -0.39 is 26.6 Å². The second-order valence-corrected chi connectivity index (χ2v) is 8.03. The van der Waals surface area contributed by atoms with Crippen LogP contribution in [0, 0.1) is 21.7 Å². The summed E-state index contributed by atoms with van der Waals surface area (Å²) in [5, 5.41) is 11.2. The van der Waals surface area contributed by atoms with Gasteiger partial charge in [-0.2, -0.15) is 4.31 Å². The van der Waals surface area contributed by atoms with Crippen LogP contribution in [0.2, 0.25) is 0 Å². The van der Waals surface area contributed by atoms with Crippen molar-refractivity contribution >= 4 is 21.4 Å². The lowest BCUT2D eigenvalue weighted by Crippen LogP contribution is -2.35. The average Bonchev–Trinajstić information content (AvgIpc) is 2.88. The first-order chi connectivity index (χ1) is 12.8. The average molecular weight is 397 g/mol. The van der Waals surface area contributed by atoms with E-state index in [1.807, 2.05) is 0 Å². The molecule has 0 aromatic heterocycles. The Morgan fingerprint density at radius 3 is 2.26 bits per heavy atom. The molecule has 0 atom stereocenters. The molecule has 10 heteroatoms. The molecule has 1 saturated heterocycles. The normalized spacial score (nSPS) is 16.1. The molecule has 0 N–H and O–H groups in total. The molecule has 3 rings (SSSR count). The lowest BCUT2D eigenvalue weighted by atomic mass is 10.2. The zero-order chi connectivity index (χ0) is 19.6. The molecule has 0 saturated carbocycles. The first-order valence-corrected chi connectivity index (χ1v) is 9.67. The lowest BCUT2D eigenvalue weighted by molar-refractivity contribution is -0.384. The number of nitrogens with zero attached hydrogens (tertiary/aromatic N) is 3. The summed E-state index contributed by atoms with van der Waals surface area (Å²) < 4.78 is 53.2. The van der Waals surface area contributed by atoms with Crippen LogP contribution in [0.15, 0.2) is 47.4 Å². The van der Waals surface area contributed by atoms with Gasteiger partial charge in [-0.1, -0.05) is 0 Å². The van der Waals surface area contributed by atoms with Gasteiger partial charge in [0, 0.05) is 26.2 Å². The Hall–Kier alpha value is -2.59. The number of hydrogen-bond donors (Lipinski definition) is 0. The molecular formula is C17H17F2N3O4S. The fourth-order valence-corrected chi connectivity index (χ4v) is 4.51. The van der Waals surface area contributed by atoms with Crippen LogP contribution in [0.1, 0.15) is 6.42 Å². The third-order valence-corrected chi connectivity index (χ3v) is 6.29. The van der Waals surface area contributed by atoms with E-state index in [9.17, 15) is 27.3 Å². The van der Waals surface area contributed by atoms with Gasteiger partial charge in [-0.3, -0.25) is 10.1 Å². The maximum atomic E-state index is 13.4.